The topological polar surface area (TPSA) is 41.6 Å². The van der Waals surface area contributed by atoms with Gasteiger partial charge in [-0.15, -0.1) is 0 Å². The minimum atomic E-state index is 0.0237. The standard InChI is InChI=1S/C21H24N2O2S/c24-20(16-4-2-1-3-5-16)22-10-17-18-12-23(11-15-7-9-26-13-15)14-21(18)8-6-19(17)25-21/h1-5,7,9,13,17-19H,6,8,10-12,14H2,(H,22,24)/t17-,18+,19+,21+/m0/s1. The van der Waals surface area contributed by atoms with Gasteiger partial charge in [0.1, 0.15) is 0 Å². The van der Waals surface area contributed by atoms with Gasteiger partial charge in [-0.1, -0.05) is 18.2 Å². The number of carbonyl (C=O) groups excluding carboxylic acids is 1. The summed E-state index contributed by atoms with van der Waals surface area (Å²) in [5, 5.41) is 7.54. The number of nitrogens with one attached hydrogen (secondary N) is 1. The lowest BCUT2D eigenvalue weighted by Gasteiger charge is -2.29. The molecule has 4 heterocycles. The quantitative estimate of drug-likeness (QED) is 0.881. The Morgan fingerprint density at radius 3 is 3.00 bits per heavy atom. The number of benzene rings is 1. The van der Waals surface area contributed by atoms with E-state index >= 15 is 0 Å². The summed E-state index contributed by atoms with van der Waals surface area (Å²) in [5.74, 6) is 0.996. The molecule has 5 heteroatoms. The maximum Gasteiger partial charge on any atom is 0.251 e. The average molecular weight is 369 g/mol. The van der Waals surface area contributed by atoms with E-state index in [1.54, 1.807) is 11.3 Å². The van der Waals surface area contributed by atoms with Crippen molar-refractivity contribution in [2.24, 2.45) is 11.8 Å². The molecule has 4 nitrogen and oxygen atoms in total. The van der Waals surface area contributed by atoms with Gasteiger partial charge < -0.3 is 10.1 Å². The first kappa shape index (κ1) is 16.5. The number of amides is 1. The first-order valence-electron chi connectivity index (χ1n) is 9.48. The predicted octanol–water partition coefficient (Wildman–Crippen LogP) is 3.16. The molecular formula is C21H24N2O2S. The third-order valence-electron chi connectivity index (χ3n) is 6.37. The molecule has 5 rings (SSSR count). The second-order valence-corrected chi connectivity index (χ2v) is 8.69. The van der Waals surface area contributed by atoms with Gasteiger partial charge in [-0.2, -0.15) is 11.3 Å². The number of rotatable bonds is 5. The van der Waals surface area contributed by atoms with Crippen molar-refractivity contribution >= 4 is 17.2 Å². The molecule has 1 amide bonds. The Hall–Kier alpha value is -1.69. The van der Waals surface area contributed by atoms with Crippen molar-refractivity contribution in [2.45, 2.75) is 31.1 Å². The van der Waals surface area contributed by atoms with Gasteiger partial charge in [0.05, 0.1) is 11.7 Å². The van der Waals surface area contributed by atoms with Crippen LogP contribution in [0.2, 0.25) is 0 Å². The molecule has 3 saturated heterocycles. The van der Waals surface area contributed by atoms with Crippen LogP contribution in [0, 0.1) is 11.8 Å². The lowest BCUT2D eigenvalue weighted by Crippen LogP contribution is -2.41. The number of likely N-dealkylation sites (tertiary alicyclic amines) is 1. The second-order valence-electron chi connectivity index (χ2n) is 7.91. The van der Waals surface area contributed by atoms with Crippen molar-refractivity contribution in [3.63, 3.8) is 0 Å². The van der Waals surface area contributed by atoms with Gasteiger partial charge in [0.2, 0.25) is 0 Å². The van der Waals surface area contributed by atoms with Crippen molar-refractivity contribution in [2.75, 3.05) is 19.6 Å². The van der Waals surface area contributed by atoms with Crippen molar-refractivity contribution in [3.05, 3.63) is 58.3 Å². The Morgan fingerprint density at radius 2 is 2.19 bits per heavy atom. The van der Waals surface area contributed by atoms with E-state index in [2.05, 4.69) is 27.0 Å². The summed E-state index contributed by atoms with van der Waals surface area (Å²) in [6.07, 6.45) is 2.62. The van der Waals surface area contributed by atoms with E-state index in [0.29, 0.717) is 17.9 Å². The van der Waals surface area contributed by atoms with Crippen LogP contribution < -0.4 is 5.32 Å². The fourth-order valence-electron chi connectivity index (χ4n) is 5.22. The minimum Gasteiger partial charge on any atom is -0.370 e. The van der Waals surface area contributed by atoms with Crippen LogP contribution in [0.4, 0.5) is 0 Å². The summed E-state index contributed by atoms with van der Waals surface area (Å²) in [4.78, 5) is 15.0. The molecule has 2 bridgehead atoms. The van der Waals surface area contributed by atoms with Crippen LogP contribution in [0.3, 0.4) is 0 Å². The molecule has 1 N–H and O–H groups in total. The first-order valence-corrected chi connectivity index (χ1v) is 10.4. The lowest BCUT2D eigenvalue weighted by molar-refractivity contribution is 0.00213. The fraction of sp³-hybridized carbons (Fsp3) is 0.476. The van der Waals surface area contributed by atoms with E-state index in [-0.39, 0.29) is 11.5 Å². The number of thiophene rings is 1. The van der Waals surface area contributed by atoms with Gasteiger partial charge in [0.15, 0.2) is 0 Å². The normalized spacial score (nSPS) is 32.7. The number of nitrogens with zero attached hydrogens (tertiary/aromatic N) is 1. The summed E-state index contributed by atoms with van der Waals surface area (Å²) >= 11 is 1.76. The van der Waals surface area contributed by atoms with Crippen LogP contribution in [-0.4, -0.2) is 42.1 Å². The number of hydrogen-bond acceptors (Lipinski definition) is 4. The van der Waals surface area contributed by atoms with Crippen molar-refractivity contribution in [3.8, 4) is 0 Å². The highest BCUT2D eigenvalue weighted by molar-refractivity contribution is 7.07. The zero-order valence-corrected chi connectivity index (χ0v) is 15.6. The largest absolute Gasteiger partial charge is 0.370 e. The summed E-state index contributed by atoms with van der Waals surface area (Å²) in [6, 6.07) is 11.7. The Balaban J connectivity index is 1.25. The van der Waals surface area contributed by atoms with Crippen LogP contribution in [-0.2, 0) is 11.3 Å². The number of ether oxygens (including phenoxy) is 1. The Labute approximate surface area is 158 Å². The highest BCUT2D eigenvalue weighted by Gasteiger charge is 2.62. The van der Waals surface area contributed by atoms with Crippen molar-refractivity contribution < 1.29 is 9.53 Å². The van der Waals surface area contributed by atoms with Crippen molar-refractivity contribution in [1.82, 2.24) is 10.2 Å². The zero-order chi connectivity index (χ0) is 17.6. The summed E-state index contributed by atoms with van der Waals surface area (Å²) in [5.41, 5.74) is 2.16. The number of fused-ring (bicyclic) bond motifs is 1. The summed E-state index contributed by atoms with van der Waals surface area (Å²) in [7, 11) is 0. The maximum absolute atomic E-state index is 12.4. The van der Waals surface area contributed by atoms with E-state index in [9.17, 15) is 4.79 Å². The van der Waals surface area contributed by atoms with Gasteiger partial charge in [0, 0.05) is 43.6 Å². The molecule has 4 atom stereocenters. The summed E-state index contributed by atoms with van der Waals surface area (Å²) in [6.45, 7) is 3.85. The molecule has 1 aromatic heterocycles. The van der Waals surface area contributed by atoms with Gasteiger partial charge in [-0.3, -0.25) is 9.69 Å². The molecule has 0 saturated carbocycles. The van der Waals surface area contributed by atoms with E-state index < -0.39 is 0 Å². The third kappa shape index (κ3) is 2.79. The Kier molecular flexibility index (Phi) is 4.11. The molecule has 3 fully saturated rings. The molecule has 1 spiro atoms. The molecule has 0 radical (unpaired) electrons. The summed E-state index contributed by atoms with van der Waals surface area (Å²) < 4.78 is 6.49. The molecule has 26 heavy (non-hydrogen) atoms. The van der Waals surface area contributed by atoms with E-state index in [1.165, 1.54) is 12.0 Å². The lowest BCUT2D eigenvalue weighted by atomic mass is 9.73. The fourth-order valence-corrected chi connectivity index (χ4v) is 5.88. The third-order valence-corrected chi connectivity index (χ3v) is 7.11. The Bertz CT molecular complexity index is 779. The smallest absolute Gasteiger partial charge is 0.251 e. The van der Waals surface area contributed by atoms with Gasteiger partial charge in [0.25, 0.3) is 5.91 Å². The van der Waals surface area contributed by atoms with Crippen LogP contribution >= 0.6 is 11.3 Å². The zero-order valence-electron chi connectivity index (χ0n) is 14.8. The molecular weight excluding hydrogens is 344 g/mol. The Morgan fingerprint density at radius 1 is 1.31 bits per heavy atom. The van der Waals surface area contributed by atoms with Crippen LogP contribution in [0.1, 0.15) is 28.8 Å². The molecule has 2 aromatic rings. The second kappa shape index (κ2) is 6.48. The van der Waals surface area contributed by atoms with Gasteiger partial charge in [-0.05, 0) is 47.4 Å². The monoisotopic (exact) mass is 368 g/mol. The molecule has 0 unspecified atom stereocenters. The van der Waals surface area contributed by atoms with Crippen LogP contribution in [0.15, 0.2) is 47.2 Å². The molecule has 0 aliphatic carbocycles. The molecule has 3 aliphatic heterocycles. The van der Waals surface area contributed by atoms with Gasteiger partial charge in [-0.25, -0.2) is 0 Å². The van der Waals surface area contributed by atoms with E-state index in [4.69, 9.17) is 4.74 Å². The SMILES string of the molecule is O=C(NC[C@H]1[C@H]2CN(Cc3ccsc3)C[C@]23CC[C@H]1O3)c1ccccc1. The number of carbonyl (C=O) groups is 1. The number of hydrogen-bond donors (Lipinski definition) is 1. The van der Waals surface area contributed by atoms with Crippen LogP contribution in [0.25, 0.3) is 0 Å². The van der Waals surface area contributed by atoms with Crippen molar-refractivity contribution in [1.29, 1.82) is 0 Å². The predicted molar refractivity (Wildman–Crippen MR) is 102 cm³/mol. The molecule has 1 aromatic carbocycles. The highest BCUT2D eigenvalue weighted by atomic mass is 32.1. The maximum atomic E-state index is 12.4. The van der Waals surface area contributed by atoms with E-state index in [1.807, 2.05) is 30.3 Å². The molecule has 3 aliphatic rings. The first-order chi connectivity index (χ1) is 12.7. The average Bonchev–Trinajstić information content (AvgIpc) is 3.42. The van der Waals surface area contributed by atoms with Crippen LogP contribution in [0.5, 0.6) is 0 Å². The van der Waals surface area contributed by atoms with E-state index in [0.717, 1.165) is 38.2 Å². The van der Waals surface area contributed by atoms with Gasteiger partial charge >= 0.3 is 0 Å². The highest BCUT2D eigenvalue weighted by Crippen LogP contribution is 2.54. The molecule has 136 valence electrons. The minimum absolute atomic E-state index is 0.0237.